The minimum atomic E-state index is 0.758. The molecule has 2 nitrogen and oxygen atoms in total. The van der Waals surface area contributed by atoms with Crippen molar-refractivity contribution in [3.05, 3.63) is 77.9 Å². The lowest BCUT2D eigenvalue weighted by Gasteiger charge is -2.40. The van der Waals surface area contributed by atoms with Crippen LogP contribution in [0.2, 0.25) is 0 Å². The van der Waals surface area contributed by atoms with Crippen LogP contribution in [0.15, 0.2) is 66.8 Å². The highest BCUT2D eigenvalue weighted by molar-refractivity contribution is 5.96. The minimum absolute atomic E-state index is 0.758. The molecule has 1 fully saturated rings. The molecule has 0 bridgehead atoms. The molecule has 1 unspecified atom stereocenters. The second-order valence-corrected chi connectivity index (χ2v) is 8.54. The Balaban J connectivity index is 1.51. The fraction of sp³-hybridized carbons (Fsp3) is 0.308. The maximum absolute atomic E-state index is 4.18. The van der Waals surface area contributed by atoms with Gasteiger partial charge in [0.2, 0.25) is 0 Å². The zero-order chi connectivity index (χ0) is 18.5. The third-order valence-corrected chi connectivity index (χ3v) is 7.12. The normalized spacial score (nSPS) is 21.4. The maximum atomic E-state index is 4.18. The Morgan fingerprint density at radius 3 is 2.64 bits per heavy atom. The summed E-state index contributed by atoms with van der Waals surface area (Å²) in [6.07, 6.45) is 18.1. The number of benzene rings is 2. The van der Waals surface area contributed by atoms with Crippen molar-refractivity contribution in [1.82, 2.24) is 9.97 Å². The van der Waals surface area contributed by atoms with Crippen molar-refractivity contribution in [1.29, 1.82) is 0 Å². The molecule has 3 aliphatic rings. The van der Waals surface area contributed by atoms with Crippen LogP contribution in [0.3, 0.4) is 0 Å². The topological polar surface area (TPSA) is 25.8 Å². The molecule has 0 aliphatic heterocycles. The first kappa shape index (κ1) is 16.2. The Morgan fingerprint density at radius 1 is 0.929 bits per heavy atom. The molecule has 2 heteroatoms. The molecule has 6 rings (SSSR count). The van der Waals surface area contributed by atoms with E-state index < -0.39 is 0 Å². The second kappa shape index (κ2) is 6.41. The highest BCUT2D eigenvalue weighted by atomic mass is 14.8. The molecular weight excluding hydrogens is 340 g/mol. The molecular formula is C26H24N2. The Labute approximate surface area is 166 Å². The number of hydrogen-bond acceptors (Lipinski definition) is 2. The summed E-state index contributed by atoms with van der Waals surface area (Å²) < 4.78 is 0. The van der Waals surface area contributed by atoms with E-state index in [0.29, 0.717) is 0 Å². The smallest absolute Gasteiger partial charge is 0.115 e. The van der Waals surface area contributed by atoms with E-state index in [1.54, 1.807) is 17.5 Å². The monoisotopic (exact) mass is 364 g/mol. The Morgan fingerprint density at radius 2 is 1.82 bits per heavy atom. The van der Waals surface area contributed by atoms with Gasteiger partial charge in [-0.1, -0.05) is 48.4 Å². The predicted molar refractivity (Wildman–Crippen MR) is 115 cm³/mol. The summed E-state index contributed by atoms with van der Waals surface area (Å²) in [5.41, 5.74) is 8.59. The first-order valence-electron chi connectivity index (χ1n) is 10.6. The van der Waals surface area contributed by atoms with E-state index in [1.165, 1.54) is 66.0 Å². The Hall–Kier alpha value is -2.74. The van der Waals surface area contributed by atoms with Crippen molar-refractivity contribution in [2.45, 2.75) is 38.5 Å². The van der Waals surface area contributed by atoms with Crippen LogP contribution in [0.1, 0.15) is 43.2 Å². The Kier molecular flexibility index (Phi) is 3.72. The van der Waals surface area contributed by atoms with E-state index in [-0.39, 0.29) is 0 Å². The summed E-state index contributed by atoms with van der Waals surface area (Å²) >= 11 is 0. The maximum Gasteiger partial charge on any atom is 0.115 e. The van der Waals surface area contributed by atoms with Gasteiger partial charge in [-0.05, 0) is 83.0 Å². The summed E-state index contributed by atoms with van der Waals surface area (Å²) in [6, 6.07) is 11.5. The van der Waals surface area contributed by atoms with E-state index >= 15 is 0 Å². The van der Waals surface area contributed by atoms with E-state index in [2.05, 4.69) is 52.5 Å². The number of hydrogen-bond donors (Lipinski definition) is 0. The molecule has 3 aromatic rings. The van der Waals surface area contributed by atoms with Crippen molar-refractivity contribution in [3.8, 4) is 11.1 Å². The molecule has 1 saturated carbocycles. The first-order chi connectivity index (χ1) is 13.9. The third-order valence-electron chi connectivity index (χ3n) is 7.12. The molecule has 0 amide bonds. The zero-order valence-electron chi connectivity index (χ0n) is 16.1. The minimum Gasteiger partial charge on any atom is -0.244 e. The SMILES string of the molecule is C1=CC2=C(CC1)C(C1CCC1)Cc1c2ccc2cc(-c3cncnc3)ccc12. The van der Waals surface area contributed by atoms with Gasteiger partial charge in [-0.25, -0.2) is 9.97 Å². The molecule has 1 heterocycles. The molecule has 138 valence electrons. The first-order valence-corrected chi connectivity index (χ1v) is 10.6. The van der Waals surface area contributed by atoms with Crippen LogP contribution >= 0.6 is 0 Å². The number of allylic oxidation sites excluding steroid dienone is 4. The van der Waals surface area contributed by atoms with E-state index in [9.17, 15) is 0 Å². The van der Waals surface area contributed by atoms with Crippen LogP contribution in [0.5, 0.6) is 0 Å². The highest BCUT2D eigenvalue weighted by Gasteiger charge is 2.35. The van der Waals surface area contributed by atoms with Gasteiger partial charge in [0.1, 0.15) is 6.33 Å². The van der Waals surface area contributed by atoms with Gasteiger partial charge < -0.3 is 0 Å². The van der Waals surface area contributed by atoms with Crippen LogP contribution in [0, 0.1) is 11.8 Å². The lowest BCUT2D eigenvalue weighted by atomic mass is 9.64. The number of aromatic nitrogens is 2. The quantitative estimate of drug-likeness (QED) is 0.528. The molecule has 1 atom stereocenters. The second-order valence-electron chi connectivity index (χ2n) is 8.54. The summed E-state index contributed by atoms with van der Waals surface area (Å²) in [5, 5.41) is 2.75. The standard InChI is InChI=1S/C26H24N2/c1-2-7-23-22(6-1)24-11-9-19-12-18(20-14-27-16-28-15-20)8-10-21(19)26(24)13-25(23)17-4-3-5-17/h1,6,8-12,14-17,25H,2-5,7,13H2. The van der Waals surface area contributed by atoms with Gasteiger partial charge in [0.05, 0.1) is 0 Å². The zero-order valence-corrected chi connectivity index (χ0v) is 16.1. The van der Waals surface area contributed by atoms with Crippen molar-refractivity contribution in [2.75, 3.05) is 0 Å². The predicted octanol–water partition coefficient (Wildman–Crippen LogP) is 6.37. The number of fused-ring (bicyclic) bond motifs is 4. The molecule has 2 aromatic carbocycles. The fourth-order valence-corrected chi connectivity index (χ4v) is 5.46. The van der Waals surface area contributed by atoms with Gasteiger partial charge in [-0.15, -0.1) is 0 Å². The molecule has 3 aliphatic carbocycles. The molecule has 28 heavy (non-hydrogen) atoms. The third kappa shape index (κ3) is 2.47. The van der Waals surface area contributed by atoms with Crippen LogP contribution < -0.4 is 0 Å². The van der Waals surface area contributed by atoms with Crippen molar-refractivity contribution in [2.24, 2.45) is 11.8 Å². The number of rotatable bonds is 2. The summed E-state index contributed by atoms with van der Waals surface area (Å²) in [4.78, 5) is 8.35. The van der Waals surface area contributed by atoms with Crippen LogP contribution in [-0.2, 0) is 6.42 Å². The Bertz CT molecular complexity index is 1120. The van der Waals surface area contributed by atoms with Crippen molar-refractivity contribution in [3.63, 3.8) is 0 Å². The summed E-state index contributed by atoms with van der Waals surface area (Å²) in [6.45, 7) is 0. The molecule has 0 N–H and O–H groups in total. The van der Waals surface area contributed by atoms with Gasteiger partial charge >= 0.3 is 0 Å². The van der Waals surface area contributed by atoms with E-state index in [0.717, 1.165) is 17.4 Å². The lowest BCUT2D eigenvalue weighted by molar-refractivity contribution is 0.227. The fourth-order valence-electron chi connectivity index (χ4n) is 5.46. The van der Waals surface area contributed by atoms with Gasteiger partial charge in [0.15, 0.2) is 0 Å². The van der Waals surface area contributed by atoms with E-state index in [4.69, 9.17) is 0 Å². The molecule has 1 aromatic heterocycles. The average molecular weight is 364 g/mol. The van der Waals surface area contributed by atoms with Gasteiger partial charge in [0.25, 0.3) is 0 Å². The molecule has 0 saturated heterocycles. The molecule has 0 spiro atoms. The van der Waals surface area contributed by atoms with Gasteiger partial charge in [-0.3, -0.25) is 0 Å². The summed E-state index contributed by atoms with van der Waals surface area (Å²) in [5.74, 6) is 1.66. The summed E-state index contributed by atoms with van der Waals surface area (Å²) in [7, 11) is 0. The van der Waals surface area contributed by atoms with Gasteiger partial charge in [-0.2, -0.15) is 0 Å². The largest absolute Gasteiger partial charge is 0.244 e. The van der Waals surface area contributed by atoms with Crippen LogP contribution in [0.4, 0.5) is 0 Å². The average Bonchev–Trinajstić information content (AvgIpc) is 2.73. The van der Waals surface area contributed by atoms with Crippen LogP contribution in [-0.4, -0.2) is 9.97 Å². The van der Waals surface area contributed by atoms with Gasteiger partial charge in [0, 0.05) is 18.0 Å². The van der Waals surface area contributed by atoms with Crippen molar-refractivity contribution >= 4 is 16.3 Å². The van der Waals surface area contributed by atoms with Crippen LogP contribution in [0.25, 0.3) is 27.5 Å². The van der Waals surface area contributed by atoms with E-state index in [1.807, 2.05) is 12.4 Å². The van der Waals surface area contributed by atoms with Crippen molar-refractivity contribution < 1.29 is 0 Å². The number of nitrogens with zero attached hydrogens (tertiary/aromatic N) is 2. The molecule has 0 radical (unpaired) electrons. The highest BCUT2D eigenvalue weighted by Crippen LogP contribution is 2.49. The lowest BCUT2D eigenvalue weighted by Crippen LogP contribution is -2.29.